The molecule has 0 aromatic rings. The highest BCUT2D eigenvalue weighted by atomic mass is 16.5. The molecule has 86 valence electrons. The second-order valence-corrected chi connectivity index (χ2v) is 3.90. The molecule has 0 bridgehead atoms. The van der Waals surface area contributed by atoms with Gasteiger partial charge in [-0.15, -0.1) is 0 Å². The first-order chi connectivity index (χ1) is 7.09. The summed E-state index contributed by atoms with van der Waals surface area (Å²) in [6, 6.07) is -1.04. The van der Waals surface area contributed by atoms with E-state index in [9.17, 15) is 9.59 Å². The molecule has 0 heterocycles. The van der Waals surface area contributed by atoms with Crippen molar-refractivity contribution in [2.24, 2.45) is 5.73 Å². The smallest absolute Gasteiger partial charge is 0.323 e. The Balaban J connectivity index is 2.30. The van der Waals surface area contributed by atoms with Crippen molar-refractivity contribution in [3.63, 3.8) is 0 Å². The Morgan fingerprint density at radius 2 is 1.93 bits per heavy atom. The Morgan fingerprint density at radius 1 is 1.33 bits per heavy atom. The van der Waals surface area contributed by atoms with Crippen LogP contribution in [0.3, 0.4) is 0 Å². The molecule has 0 aromatic carbocycles. The molecule has 0 radical (unpaired) electrons. The SMILES string of the molecule is NC(CC(=O)O)C(=O)OC1CCCCC1. The van der Waals surface area contributed by atoms with Gasteiger partial charge in [0.15, 0.2) is 0 Å². The van der Waals surface area contributed by atoms with Crippen LogP contribution in [0.2, 0.25) is 0 Å². The van der Waals surface area contributed by atoms with Crippen LogP contribution in [-0.4, -0.2) is 29.2 Å². The number of carboxylic acids is 1. The van der Waals surface area contributed by atoms with E-state index in [1.807, 2.05) is 0 Å². The van der Waals surface area contributed by atoms with Crippen LogP contribution in [0.15, 0.2) is 0 Å². The fourth-order valence-electron chi connectivity index (χ4n) is 1.71. The minimum atomic E-state index is -1.08. The van der Waals surface area contributed by atoms with E-state index < -0.39 is 18.0 Å². The maximum absolute atomic E-state index is 11.3. The quantitative estimate of drug-likeness (QED) is 0.672. The van der Waals surface area contributed by atoms with Gasteiger partial charge in [0, 0.05) is 0 Å². The van der Waals surface area contributed by atoms with Gasteiger partial charge in [-0.3, -0.25) is 9.59 Å². The molecule has 15 heavy (non-hydrogen) atoms. The monoisotopic (exact) mass is 215 g/mol. The zero-order valence-electron chi connectivity index (χ0n) is 8.65. The predicted molar refractivity (Wildman–Crippen MR) is 53.2 cm³/mol. The van der Waals surface area contributed by atoms with Crippen molar-refractivity contribution in [1.29, 1.82) is 0 Å². The number of hydrogen-bond donors (Lipinski definition) is 2. The van der Waals surface area contributed by atoms with Crippen LogP contribution in [0.1, 0.15) is 38.5 Å². The fourth-order valence-corrected chi connectivity index (χ4v) is 1.71. The third-order valence-corrected chi connectivity index (χ3v) is 2.53. The van der Waals surface area contributed by atoms with Gasteiger partial charge in [-0.05, 0) is 25.7 Å². The number of rotatable bonds is 4. The molecule has 0 aromatic heterocycles. The molecule has 5 heteroatoms. The van der Waals surface area contributed by atoms with Crippen LogP contribution in [0, 0.1) is 0 Å². The molecule has 0 saturated heterocycles. The lowest BCUT2D eigenvalue weighted by Gasteiger charge is -2.23. The van der Waals surface area contributed by atoms with E-state index in [2.05, 4.69) is 0 Å². The van der Waals surface area contributed by atoms with Gasteiger partial charge >= 0.3 is 11.9 Å². The van der Waals surface area contributed by atoms with E-state index in [0.29, 0.717) is 0 Å². The summed E-state index contributed by atoms with van der Waals surface area (Å²) in [4.78, 5) is 21.7. The van der Waals surface area contributed by atoms with Crippen LogP contribution in [0.25, 0.3) is 0 Å². The molecule has 1 saturated carbocycles. The van der Waals surface area contributed by atoms with E-state index in [-0.39, 0.29) is 12.5 Å². The summed E-state index contributed by atoms with van der Waals surface area (Å²) in [5.74, 6) is -1.67. The molecule has 0 spiro atoms. The average molecular weight is 215 g/mol. The number of nitrogens with two attached hydrogens (primary N) is 1. The first-order valence-electron chi connectivity index (χ1n) is 5.27. The molecule has 5 nitrogen and oxygen atoms in total. The van der Waals surface area contributed by atoms with Crippen molar-refractivity contribution >= 4 is 11.9 Å². The van der Waals surface area contributed by atoms with E-state index in [1.165, 1.54) is 6.42 Å². The van der Waals surface area contributed by atoms with Crippen molar-refractivity contribution in [2.45, 2.75) is 50.7 Å². The molecule has 3 N–H and O–H groups in total. The molecule has 0 aliphatic heterocycles. The van der Waals surface area contributed by atoms with Crippen molar-refractivity contribution in [1.82, 2.24) is 0 Å². The minimum absolute atomic E-state index is 0.0638. The molecular formula is C10H17NO4. The van der Waals surface area contributed by atoms with Crippen molar-refractivity contribution < 1.29 is 19.4 Å². The number of carbonyl (C=O) groups excluding carboxylic acids is 1. The highest BCUT2D eigenvalue weighted by molar-refractivity contribution is 5.81. The fraction of sp³-hybridized carbons (Fsp3) is 0.800. The number of esters is 1. The first-order valence-corrected chi connectivity index (χ1v) is 5.27. The van der Waals surface area contributed by atoms with Gasteiger partial charge in [-0.2, -0.15) is 0 Å². The Labute approximate surface area is 88.6 Å². The summed E-state index contributed by atoms with van der Waals surface area (Å²) in [7, 11) is 0. The molecule has 1 atom stereocenters. The number of hydrogen-bond acceptors (Lipinski definition) is 4. The summed E-state index contributed by atoms with van der Waals surface area (Å²) < 4.78 is 5.13. The van der Waals surface area contributed by atoms with Crippen molar-refractivity contribution in [3.05, 3.63) is 0 Å². The van der Waals surface area contributed by atoms with Gasteiger partial charge in [0.1, 0.15) is 12.1 Å². The summed E-state index contributed by atoms with van der Waals surface area (Å²) >= 11 is 0. The number of ether oxygens (including phenoxy) is 1. The Kier molecular flexibility index (Phi) is 4.55. The maximum atomic E-state index is 11.3. The maximum Gasteiger partial charge on any atom is 0.323 e. The Hall–Kier alpha value is -1.10. The van der Waals surface area contributed by atoms with Crippen LogP contribution in [-0.2, 0) is 14.3 Å². The lowest BCUT2D eigenvalue weighted by atomic mass is 9.98. The van der Waals surface area contributed by atoms with Gasteiger partial charge in [0.05, 0.1) is 6.42 Å². The third-order valence-electron chi connectivity index (χ3n) is 2.53. The standard InChI is InChI=1S/C10H17NO4/c11-8(6-9(12)13)10(14)15-7-4-2-1-3-5-7/h7-8H,1-6,11H2,(H,12,13). The minimum Gasteiger partial charge on any atom is -0.481 e. The number of aliphatic carboxylic acids is 1. The lowest BCUT2D eigenvalue weighted by Crippen LogP contribution is -2.37. The highest BCUT2D eigenvalue weighted by Gasteiger charge is 2.23. The zero-order chi connectivity index (χ0) is 11.3. The van der Waals surface area contributed by atoms with E-state index >= 15 is 0 Å². The molecule has 1 aliphatic carbocycles. The normalized spacial score (nSPS) is 19.5. The third kappa shape index (κ3) is 4.29. The van der Waals surface area contributed by atoms with E-state index in [1.54, 1.807) is 0 Å². The predicted octanol–water partition coefficient (Wildman–Crippen LogP) is 0.664. The molecule has 1 unspecified atom stereocenters. The first kappa shape index (κ1) is 12.0. The second-order valence-electron chi connectivity index (χ2n) is 3.90. The summed E-state index contributed by atoms with van der Waals surface area (Å²) in [5, 5.41) is 8.45. The highest BCUT2D eigenvalue weighted by Crippen LogP contribution is 2.20. The van der Waals surface area contributed by atoms with E-state index in [4.69, 9.17) is 15.6 Å². The molecule has 1 fully saturated rings. The van der Waals surface area contributed by atoms with Crippen LogP contribution in [0.5, 0.6) is 0 Å². The van der Waals surface area contributed by atoms with Crippen molar-refractivity contribution in [3.8, 4) is 0 Å². The number of carboxylic acid groups (broad SMARTS) is 1. The topological polar surface area (TPSA) is 89.6 Å². The molecule has 1 aliphatic rings. The van der Waals surface area contributed by atoms with Crippen LogP contribution >= 0.6 is 0 Å². The summed E-state index contributed by atoms with van der Waals surface area (Å²) in [6.45, 7) is 0. The van der Waals surface area contributed by atoms with Gasteiger partial charge in [-0.1, -0.05) is 6.42 Å². The van der Waals surface area contributed by atoms with Gasteiger partial charge < -0.3 is 15.6 Å². The van der Waals surface area contributed by atoms with Crippen LogP contribution in [0.4, 0.5) is 0 Å². The van der Waals surface area contributed by atoms with Gasteiger partial charge in [0.2, 0.25) is 0 Å². The van der Waals surface area contributed by atoms with Crippen molar-refractivity contribution in [2.75, 3.05) is 0 Å². The molecular weight excluding hydrogens is 198 g/mol. The van der Waals surface area contributed by atoms with Gasteiger partial charge in [-0.25, -0.2) is 0 Å². The lowest BCUT2D eigenvalue weighted by molar-refractivity contribution is -0.155. The second kappa shape index (κ2) is 5.70. The molecule has 0 amide bonds. The van der Waals surface area contributed by atoms with E-state index in [0.717, 1.165) is 25.7 Å². The Morgan fingerprint density at radius 3 is 2.47 bits per heavy atom. The zero-order valence-corrected chi connectivity index (χ0v) is 8.65. The number of carbonyl (C=O) groups is 2. The largest absolute Gasteiger partial charge is 0.481 e. The van der Waals surface area contributed by atoms with Crippen LogP contribution < -0.4 is 5.73 Å². The molecule has 1 rings (SSSR count). The van der Waals surface area contributed by atoms with Gasteiger partial charge in [0.25, 0.3) is 0 Å². The Bertz CT molecular complexity index is 236. The average Bonchev–Trinajstić information content (AvgIpc) is 2.18. The summed E-state index contributed by atoms with van der Waals surface area (Å²) in [5.41, 5.74) is 5.38. The summed E-state index contributed by atoms with van der Waals surface area (Å²) in [6.07, 6.45) is 4.60.